The van der Waals surface area contributed by atoms with Crippen LogP contribution < -0.4 is 5.32 Å². The molecule has 0 bridgehead atoms. The van der Waals surface area contributed by atoms with Gasteiger partial charge in [0.1, 0.15) is 6.10 Å². The molecule has 3 atom stereocenters. The fourth-order valence-corrected chi connectivity index (χ4v) is 5.92. The summed E-state index contributed by atoms with van der Waals surface area (Å²) in [5.41, 5.74) is 0. The molecule has 0 aromatic rings. The van der Waals surface area contributed by atoms with Crippen LogP contribution in [0.1, 0.15) is 162 Å². The lowest BCUT2D eigenvalue weighted by atomic mass is 10.0. The highest BCUT2D eigenvalue weighted by atomic mass is 32.2. The topological polar surface area (TPSA) is 124 Å². The molecule has 0 saturated carbocycles. The van der Waals surface area contributed by atoms with Gasteiger partial charge in [-0.25, -0.2) is 0 Å². The van der Waals surface area contributed by atoms with Crippen molar-refractivity contribution >= 4 is 16.0 Å². The van der Waals surface area contributed by atoms with Gasteiger partial charge in [-0.05, 0) is 70.6 Å². The Morgan fingerprint density at radius 3 is 1.48 bits per heavy atom. The Balaban J connectivity index is 4.19. The SMILES string of the molecule is CCCCC/C=C/CC/C=C/CC/C=C/C(O)C(CS(=O)(=O)O)NC(=O)C(O)CCCCCCCC/C=C\CCCCCCCC. The van der Waals surface area contributed by atoms with E-state index < -0.39 is 40.0 Å². The predicted octanol–water partition coefficient (Wildman–Crippen LogP) is 9.32. The lowest BCUT2D eigenvalue weighted by Crippen LogP contribution is -2.50. The molecule has 0 rings (SSSR count). The normalized spacial score (nSPS) is 14.6. The van der Waals surface area contributed by atoms with Crippen molar-refractivity contribution in [3.63, 3.8) is 0 Å². The second-order valence-corrected chi connectivity index (χ2v) is 14.1. The quantitative estimate of drug-likeness (QED) is 0.0322. The molecule has 4 N–H and O–H groups in total. The standard InChI is InChI=1S/C38H69NO6S/c1-3-5-7-9-11-13-15-17-18-19-21-23-25-27-29-31-33-37(41)38(42)39-35(34-46(43,44)45)36(40)32-30-28-26-24-22-20-16-14-12-10-8-6-4-2/h12,14,17-18,22,24,30,32,35-37,40-41H,3-11,13,15-16,19-21,23,25-29,31,33-34H2,1-2H3,(H,39,42)(H,43,44,45)/b14-12+,18-17-,24-22+,32-30+. The summed E-state index contributed by atoms with van der Waals surface area (Å²) in [6.07, 6.45) is 38.8. The Kier molecular flexibility index (Phi) is 30.6. The van der Waals surface area contributed by atoms with Gasteiger partial charge in [0.2, 0.25) is 5.91 Å². The van der Waals surface area contributed by atoms with Crippen molar-refractivity contribution in [3.05, 3.63) is 48.6 Å². The van der Waals surface area contributed by atoms with Gasteiger partial charge in [-0.3, -0.25) is 9.35 Å². The van der Waals surface area contributed by atoms with Crippen LogP contribution in [0.2, 0.25) is 0 Å². The van der Waals surface area contributed by atoms with Crippen LogP contribution in [-0.4, -0.2) is 53.1 Å². The van der Waals surface area contributed by atoms with Gasteiger partial charge < -0.3 is 15.5 Å². The first kappa shape index (κ1) is 44.3. The number of aliphatic hydroxyl groups is 2. The second-order valence-electron chi connectivity index (χ2n) is 12.6. The highest BCUT2D eigenvalue weighted by Gasteiger charge is 2.27. The number of allylic oxidation sites excluding steroid dienone is 7. The van der Waals surface area contributed by atoms with E-state index in [4.69, 9.17) is 0 Å². The van der Waals surface area contributed by atoms with Crippen molar-refractivity contribution in [3.8, 4) is 0 Å². The van der Waals surface area contributed by atoms with E-state index >= 15 is 0 Å². The Hall–Kier alpha value is -1.74. The van der Waals surface area contributed by atoms with Crippen LogP contribution in [0.15, 0.2) is 48.6 Å². The number of amides is 1. The monoisotopic (exact) mass is 667 g/mol. The smallest absolute Gasteiger partial charge is 0.267 e. The van der Waals surface area contributed by atoms with Gasteiger partial charge in [-0.2, -0.15) is 8.42 Å². The lowest BCUT2D eigenvalue weighted by Gasteiger charge is -2.22. The lowest BCUT2D eigenvalue weighted by molar-refractivity contribution is -0.130. The van der Waals surface area contributed by atoms with Crippen LogP contribution >= 0.6 is 0 Å². The van der Waals surface area contributed by atoms with Crippen LogP contribution in [-0.2, 0) is 14.9 Å². The zero-order valence-corrected chi connectivity index (χ0v) is 30.1. The Morgan fingerprint density at radius 2 is 0.978 bits per heavy atom. The third-order valence-corrected chi connectivity index (χ3v) is 8.84. The molecular weight excluding hydrogens is 598 g/mol. The maximum Gasteiger partial charge on any atom is 0.267 e. The van der Waals surface area contributed by atoms with Gasteiger partial charge in [0.15, 0.2) is 0 Å². The predicted molar refractivity (Wildman–Crippen MR) is 194 cm³/mol. The van der Waals surface area contributed by atoms with E-state index in [1.54, 1.807) is 6.08 Å². The van der Waals surface area contributed by atoms with Crippen LogP contribution in [0, 0.1) is 0 Å². The van der Waals surface area contributed by atoms with E-state index in [-0.39, 0.29) is 6.42 Å². The van der Waals surface area contributed by atoms with Gasteiger partial charge in [0.05, 0.1) is 17.9 Å². The zero-order valence-electron chi connectivity index (χ0n) is 29.3. The maximum atomic E-state index is 12.5. The highest BCUT2D eigenvalue weighted by molar-refractivity contribution is 7.85. The minimum atomic E-state index is -4.45. The number of hydrogen-bond donors (Lipinski definition) is 4. The van der Waals surface area contributed by atoms with Crippen LogP contribution in [0.5, 0.6) is 0 Å². The summed E-state index contributed by atoms with van der Waals surface area (Å²) >= 11 is 0. The fraction of sp³-hybridized carbons (Fsp3) is 0.763. The number of rotatable bonds is 32. The molecular formula is C38H69NO6S. The van der Waals surface area contributed by atoms with Crippen molar-refractivity contribution in [2.24, 2.45) is 0 Å². The van der Waals surface area contributed by atoms with E-state index in [9.17, 15) is 28.0 Å². The molecule has 0 heterocycles. The molecule has 0 aliphatic heterocycles. The number of aliphatic hydroxyl groups excluding tert-OH is 2. The van der Waals surface area contributed by atoms with E-state index in [0.717, 1.165) is 51.4 Å². The minimum Gasteiger partial charge on any atom is -0.387 e. The molecule has 46 heavy (non-hydrogen) atoms. The van der Waals surface area contributed by atoms with Crippen LogP contribution in [0.4, 0.5) is 0 Å². The van der Waals surface area contributed by atoms with E-state index in [2.05, 4.69) is 55.6 Å². The van der Waals surface area contributed by atoms with Gasteiger partial charge in [0.25, 0.3) is 10.1 Å². The molecule has 268 valence electrons. The molecule has 7 nitrogen and oxygen atoms in total. The number of carbonyl (C=O) groups is 1. The van der Waals surface area contributed by atoms with Gasteiger partial charge in [-0.1, -0.05) is 140 Å². The molecule has 0 aromatic carbocycles. The summed E-state index contributed by atoms with van der Waals surface area (Å²) < 4.78 is 32.4. The Morgan fingerprint density at radius 1 is 0.587 bits per heavy atom. The molecule has 0 fully saturated rings. The van der Waals surface area contributed by atoms with Crippen molar-refractivity contribution in [2.75, 3.05) is 5.75 Å². The summed E-state index contributed by atoms with van der Waals surface area (Å²) in [6, 6.07) is -1.26. The number of hydrogen-bond acceptors (Lipinski definition) is 5. The number of carbonyl (C=O) groups excluding carboxylic acids is 1. The average molecular weight is 668 g/mol. The van der Waals surface area contributed by atoms with Gasteiger partial charge in [0, 0.05) is 0 Å². The first-order valence-electron chi connectivity index (χ1n) is 18.4. The third kappa shape index (κ3) is 30.9. The summed E-state index contributed by atoms with van der Waals surface area (Å²) in [7, 11) is -4.45. The molecule has 3 unspecified atom stereocenters. The molecule has 0 aliphatic rings. The Labute approximate surface area is 282 Å². The molecule has 0 saturated heterocycles. The molecule has 0 spiro atoms. The molecule has 8 heteroatoms. The molecule has 0 radical (unpaired) electrons. The molecule has 0 aliphatic carbocycles. The number of unbranched alkanes of at least 4 members (excludes halogenated alkanes) is 17. The third-order valence-electron chi connectivity index (χ3n) is 8.06. The summed E-state index contributed by atoms with van der Waals surface area (Å²) in [5.74, 6) is -1.58. The van der Waals surface area contributed by atoms with Gasteiger partial charge in [-0.15, -0.1) is 0 Å². The van der Waals surface area contributed by atoms with Crippen LogP contribution in [0.3, 0.4) is 0 Å². The second kappa shape index (κ2) is 31.8. The van der Waals surface area contributed by atoms with E-state index in [1.807, 2.05) is 0 Å². The first-order valence-corrected chi connectivity index (χ1v) is 20.1. The van der Waals surface area contributed by atoms with Crippen LogP contribution in [0.25, 0.3) is 0 Å². The van der Waals surface area contributed by atoms with Crippen molar-refractivity contribution in [1.82, 2.24) is 5.32 Å². The summed E-state index contributed by atoms with van der Waals surface area (Å²) in [6.45, 7) is 4.45. The summed E-state index contributed by atoms with van der Waals surface area (Å²) in [4.78, 5) is 12.5. The van der Waals surface area contributed by atoms with E-state index in [1.165, 1.54) is 83.1 Å². The number of nitrogens with one attached hydrogen (secondary N) is 1. The molecule has 0 aromatic heterocycles. The highest BCUT2D eigenvalue weighted by Crippen LogP contribution is 2.12. The minimum absolute atomic E-state index is 0.262. The molecule has 1 amide bonds. The van der Waals surface area contributed by atoms with Crippen molar-refractivity contribution in [1.29, 1.82) is 0 Å². The van der Waals surface area contributed by atoms with E-state index in [0.29, 0.717) is 12.8 Å². The largest absolute Gasteiger partial charge is 0.387 e. The summed E-state index contributed by atoms with van der Waals surface area (Å²) in [5, 5.41) is 23.3. The van der Waals surface area contributed by atoms with Crippen molar-refractivity contribution < 1.29 is 28.0 Å². The zero-order chi connectivity index (χ0) is 34.1. The Bertz CT molecular complexity index is 927. The first-order chi connectivity index (χ1) is 22.2. The fourth-order valence-electron chi connectivity index (χ4n) is 5.19. The van der Waals surface area contributed by atoms with Crippen molar-refractivity contribution in [2.45, 2.75) is 180 Å². The van der Waals surface area contributed by atoms with Gasteiger partial charge >= 0.3 is 0 Å². The average Bonchev–Trinajstić information content (AvgIpc) is 3.01. The maximum absolute atomic E-state index is 12.5.